The van der Waals surface area contributed by atoms with Crippen molar-refractivity contribution in [1.29, 1.82) is 0 Å². The maximum Gasteiger partial charge on any atom is 0.246 e. The first-order chi connectivity index (χ1) is 15.0. The average Bonchev–Trinajstić information content (AvgIpc) is 3.03. The van der Waals surface area contributed by atoms with Crippen LogP contribution in [-0.4, -0.2) is 19.1 Å². The van der Waals surface area contributed by atoms with Crippen molar-refractivity contribution in [2.75, 3.05) is 18.2 Å². The van der Waals surface area contributed by atoms with Crippen molar-refractivity contribution >= 4 is 11.6 Å². The number of nitrogens with one attached hydrogen (secondary N) is 1. The molecule has 176 valence electrons. The number of rotatable bonds is 17. The molecule has 0 radical (unpaired) electrons. The third-order valence-electron chi connectivity index (χ3n) is 6.30. The van der Waals surface area contributed by atoms with E-state index in [4.69, 9.17) is 4.74 Å². The molecule has 1 amide bonds. The van der Waals surface area contributed by atoms with Crippen molar-refractivity contribution in [3.63, 3.8) is 0 Å². The zero-order chi connectivity index (χ0) is 22.4. The van der Waals surface area contributed by atoms with Gasteiger partial charge in [0.1, 0.15) is 5.75 Å². The second-order valence-electron chi connectivity index (χ2n) is 9.85. The molecule has 0 spiro atoms. The smallest absolute Gasteiger partial charge is 0.246 e. The highest BCUT2D eigenvalue weighted by Gasteiger charge is 2.38. The van der Waals surface area contributed by atoms with Gasteiger partial charge in [0, 0.05) is 6.07 Å². The van der Waals surface area contributed by atoms with Gasteiger partial charge in [-0.1, -0.05) is 96.5 Å². The molecule has 1 saturated heterocycles. The average molecular weight is 431 g/mol. The van der Waals surface area contributed by atoms with Crippen LogP contribution in [0.1, 0.15) is 111 Å². The quantitative estimate of drug-likeness (QED) is 0.261. The second-order valence-corrected chi connectivity index (χ2v) is 9.85. The normalized spacial score (nSPS) is 15.3. The molecule has 0 aliphatic carbocycles. The molecule has 1 aromatic rings. The third kappa shape index (κ3) is 9.97. The van der Waals surface area contributed by atoms with Crippen molar-refractivity contribution in [2.45, 2.75) is 111 Å². The van der Waals surface area contributed by atoms with Gasteiger partial charge in [-0.05, 0) is 32.4 Å². The molecule has 1 aliphatic rings. The van der Waals surface area contributed by atoms with Crippen molar-refractivity contribution in [2.24, 2.45) is 5.41 Å². The first-order valence-corrected chi connectivity index (χ1v) is 12.8. The van der Waals surface area contributed by atoms with Crippen LogP contribution in [-0.2, 0) is 4.79 Å². The van der Waals surface area contributed by atoms with E-state index in [-0.39, 0.29) is 11.3 Å². The highest BCUT2D eigenvalue weighted by atomic mass is 16.5. The fraction of sp³-hybridized carbons (Fsp3) is 0.741. The summed E-state index contributed by atoms with van der Waals surface area (Å²) in [6, 6.07) is 8.02. The number of anilines is 1. The van der Waals surface area contributed by atoms with Gasteiger partial charge in [-0.2, -0.15) is 0 Å². The Morgan fingerprint density at radius 1 is 0.871 bits per heavy atom. The number of hydrogen-bond acceptors (Lipinski definition) is 3. The molecule has 4 heteroatoms. The Labute approximate surface area is 191 Å². The molecule has 0 unspecified atom stereocenters. The van der Waals surface area contributed by atoms with Gasteiger partial charge < -0.3 is 4.74 Å². The number of benzene rings is 1. The lowest BCUT2D eigenvalue weighted by molar-refractivity contribution is -0.125. The lowest BCUT2D eigenvalue weighted by atomic mass is 9.94. The maximum atomic E-state index is 12.0. The molecular formula is C27H46N2O2. The first-order valence-electron chi connectivity index (χ1n) is 12.8. The second kappa shape index (κ2) is 14.4. The summed E-state index contributed by atoms with van der Waals surface area (Å²) < 4.78 is 5.95. The third-order valence-corrected chi connectivity index (χ3v) is 6.30. The Kier molecular flexibility index (Phi) is 11.8. The highest BCUT2D eigenvalue weighted by Crippen LogP contribution is 2.29. The molecule has 1 aromatic carbocycles. The number of unbranched alkanes of at least 4 members (excludes halogenated alkanes) is 13. The molecule has 0 saturated carbocycles. The van der Waals surface area contributed by atoms with E-state index >= 15 is 0 Å². The van der Waals surface area contributed by atoms with Gasteiger partial charge in [0.2, 0.25) is 5.91 Å². The van der Waals surface area contributed by atoms with E-state index in [9.17, 15) is 4.79 Å². The summed E-state index contributed by atoms with van der Waals surface area (Å²) in [6.45, 7) is 7.66. The molecular weight excluding hydrogens is 384 g/mol. The molecule has 1 heterocycles. The van der Waals surface area contributed by atoms with Crippen molar-refractivity contribution in [3.05, 3.63) is 24.3 Å². The summed E-state index contributed by atoms with van der Waals surface area (Å²) in [7, 11) is 0. The Balaban J connectivity index is 1.45. The first kappa shape index (κ1) is 25.5. The Bertz CT molecular complexity index is 629. The SMILES string of the molecule is CCCCCCCCCCCCCCCCOc1cccc(N2CC(C)(C)C(=O)N2)c1. The Hall–Kier alpha value is -1.71. The molecule has 1 N–H and O–H groups in total. The van der Waals surface area contributed by atoms with Crippen LogP contribution in [0.2, 0.25) is 0 Å². The van der Waals surface area contributed by atoms with Gasteiger partial charge in [0.25, 0.3) is 0 Å². The van der Waals surface area contributed by atoms with E-state index in [2.05, 4.69) is 12.3 Å². The predicted octanol–water partition coefficient (Wildman–Crippen LogP) is 7.42. The molecule has 0 atom stereocenters. The molecule has 1 aliphatic heterocycles. The van der Waals surface area contributed by atoms with Crippen LogP contribution in [0.3, 0.4) is 0 Å². The lowest BCUT2D eigenvalue weighted by Gasteiger charge is -2.19. The highest BCUT2D eigenvalue weighted by molar-refractivity contribution is 5.87. The van der Waals surface area contributed by atoms with E-state index in [0.29, 0.717) is 6.54 Å². The fourth-order valence-corrected chi connectivity index (χ4v) is 4.16. The topological polar surface area (TPSA) is 41.6 Å². The largest absolute Gasteiger partial charge is 0.494 e. The molecule has 1 fully saturated rings. The standard InChI is InChI=1S/C27H46N2O2/c1-4-5-6-7-8-9-10-11-12-13-14-15-16-17-21-31-25-20-18-19-24(22-25)29-23-27(2,3)26(30)28-29/h18-20,22H,4-17,21,23H2,1-3H3,(H,28,30). The number of ether oxygens (including phenoxy) is 1. The van der Waals surface area contributed by atoms with Gasteiger partial charge in [-0.3, -0.25) is 15.2 Å². The van der Waals surface area contributed by atoms with E-state index in [1.165, 1.54) is 83.5 Å². The summed E-state index contributed by atoms with van der Waals surface area (Å²) in [5.41, 5.74) is 3.58. The molecule has 0 bridgehead atoms. The van der Waals surface area contributed by atoms with Gasteiger partial charge in [0.15, 0.2) is 0 Å². The van der Waals surface area contributed by atoms with Crippen LogP contribution in [0.4, 0.5) is 5.69 Å². The summed E-state index contributed by atoms with van der Waals surface area (Å²) in [5.74, 6) is 0.951. The van der Waals surface area contributed by atoms with E-state index in [0.717, 1.165) is 24.5 Å². The van der Waals surface area contributed by atoms with Crippen LogP contribution < -0.4 is 15.2 Å². The number of carbonyl (C=O) groups is 1. The van der Waals surface area contributed by atoms with E-state index in [1.54, 1.807) is 0 Å². The summed E-state index contributed by atoms with van der Waals surface area (Å²) in [5, 5.41) is 1.92. The number of hydrazine groups is 1. The predicted molar refractivity (Wildman–Crippen MR) is 132 cm³/mol. The van der Waals surface area contributed by atoms with Crippen LogP contribution in [0.5, 0.6) is 5.75 Å². The minimum atomic E-state index is -0.356. The van der Waals surface area contributed by atoms with Crippen LogP contribution in [0.15, 0.2) is 24.3 Å². The number of carbonyl (C=O) groups excluding carboxylic acids is 1. The molecule has 0 aromatic heterocycles. The zero-order valence-electron chi connectivity index (χ0n) is 20.4. The van der Waals surface area contributed by atoms with E-state index < -0.39 is 0 Å². The lowest BCUT2D eigenvalue weighted by Crippen LogP contribution is -2.33. The minimum Gasteiger partial charge on any atom is -0.494 e. The van der Waals surface area contributed by atoms with Gasteiger partial charge in [-0.25, -0.2) is 0 Å². The van der Waals surface area contributed by atoms with Crippen LogP contribution in [0.25, 0.3) is 0 Å². The Morgan fingerprint density at radius 3 is 1.94 bits per heavy atom. The molecule has 4 nitrogen and oxygen atoms in total. The van der Waals surface area contributed by atoms with Gasteiger partial charge >= 0.3 is 0 Å². The summed E-state index contributed by atoms with van der Waals surface area (Å²) >= 11 is 0. The Morgan fingerprint density at radius 2 is 1.42 bits per heavy atom. The number of nitrogens with zero attached hydrogens (tertiary/aromatic N) is 1. The van der Waals surface area contributed by atoms with E-state index in [1.807, 2.05) is 43.1 Å². The summed E-state index contributed by atoms with van der Waals surface area (Å²) in [6.07, 6.45) is 19.2. The zero-order valence-corrected chi connectivity index (χ0v) is 20.4. The van der Waals surface area contributed by atoms with Crippen molar-refractivity contribution in [3.8, 4) is 5.75 Å². The molecule has 31 heavy (non-hydrogen) atoms. The van der Waals surface area contributed by atoms with Crippen LogP contribution in [0, 0.1) is 5.41 Å². The van der Waals surface area contributed by atoms with Crippen LogP contribution >= 0.6 is 0 Å². The maximum absolute atomic E-state index is 12.0. The number of hydrogen-bond donors (Lipinski definition) is 1. The fourth-order valence-electron chi connectivity index (χ4n) is 4.16. The summed E-state index contributed by atoms with van der Waals surface area (Å²) in [4.78, 5) is 12.0. The molecule has 2 rings (SSSR count). The van der Waals surface area contributed by atoms with Gasteiger partial charge in [-0.15, -0.1) is 0 Å². The minimum absolute atomic E-state index is 0.0706. The van der Waals surface area contributed by atoms with Gasteiger partial charge in [0.05, 0.1) is 24.3 Å². The monoisotopic (exact) mass is 430 g/mol. The van der Waals surface area contributed by atoms with Crippen molar-refractivity contribution < 1.29 is 9.53 Å². The van der Waals surface area contributed by atoms with Crippen molar-refractivity contribution in [1.82, 2.24) is 5.43 Å². The number of amides is 1.